The first-order valence-corrected chi connectivity index (χ1v) is 8.74. The van der Waals surface area contributed by atoms with Crippen LogP contribution < -0.4 is 10.1 Å². The lowest BCUT2D eigenvalue weighted by molar-refractivity contribution is -0.114. The van der Waals surface area contributed by atoms with E-state index in [0.29, 0.717) is 24.7 Å². The van der Waals surface area contributed by atoms with Gasteiger partial charge < -0.3 is 10.1 Å². The Morgan fingerprint density at radius 2 is 1.95 bits per heavy atom. The number of sulfonamides is 1. The molecule has 0 aromatic heterocycles. The van der Waals surface area contributed by atoms with Crippen LogP contribution in [0.15, 0.2) is 23.1 Å². The fourth-order valence-corrected chi connectivity index (χ4v) is 4.17. The van der Waals surface area contributed by atoms with E-state index in [1.54, 1.807) is 12.1 Å². The van der Waals surface area contributed by atoms with Gasteiger partial charge in [-0.1, -0.05) is 6.92 Å². The molecule has 1 aliphatic heterocycles. The standard InChI is InChI=1S/C15H22N2O4S/c1-11-6-8-17(9-7-11)22(19,20)15-10-13(16-12(2)18)4-5-14(15)21-3/h4-5,10-11H,6-9H2,1-3H3,(H,16,18). The van der Waals surface area contributed by atoms with Gasteiger partial charge in [0.15, 0.2) is 0 Å². The van der Waals surface area contributed by atoms with Crippen LogP contribution in [0.25, 0.3) is 0 Å². The maximum atomic E-state index is 12.8. The molecule has 0 radical (unpaired) electrons. The van der Waals surface area contributed by atoms with Crippen molar-refractivity contribution in [1.82, 2.24) is 4.31 Å². The molecule has 1 amide bonds. The van der Waals surface area contributed by atoms with Gasteiger partial charge >= 0.3 is 0 Å². The molecule has 1 fully saturated rings. The predicted octanol–water partition coefficient (Wildman–Crippen LogP) is 2.07. The Balaban J connectivity index is 2.37. The number of carbonyl (C=O) groups excluding carboxylic acids is 1. The summed E-state index contributed by atoms with van der Waals surface area (Å²) in [5, 5.41) is 2.60. The van der Waals surface area contributed by atoms with Gasteiger partial charge in [-0.05, 0) is 37.0 Å². The molecule has 1 N–H and O–H groups in total. The summed E-state index contributed by atoms with van der Waals surface area (Å²) >= 11 is 0. The average Bonchev–Trinajstić information content (AvgIpc) is 2.47. The topological polar surface area (TPSA) is 75.7 Å². The molecule has 1 saturated heterocycles. The van der Waals surface area contributed by atoms with Gasteiger partial charge in [-0.2, -0.15) is 4.31 Å². The number of methoxy groups -OCH3 is 1. The van der Waals surface area contributed by atoms with Crippen LogP contribution in [0.1, 0.15) is 26.7 Å². The summed E-state index contributed by atoms with van der Waals surface area (Å²) in [5.74, 6) is 0.576. The van der Waals surface area contributed by atoms with Gasteiger partial charge in [-0.15, -0.1) is 0 Å². The van der Waals surface area contributed by atoms with Crippen LogP contribution in [0.3, 0.4) is 0 Å². The summed E-state index contributed by atoms with van der Waals surface area (Å²) in [6.45, 7) is 4.53. The Morgan fingerprint density at radius 3 is 2.50 bits per heavy atom. The molecule has 22 heavy (non-hydrogen) atoms. The van der Waals surface area contributed by atoms with E-state index < -0.39 is 10.0 Å². The molecule has 1 heterocycles. The second-order valence-corrected chi connectivity index (χ2v) is 7.54. The van der Waals surface area contributed by atoms with Crippen molar-refractivity contribution in [3.63, 3.8) is 0 Å². The van der Waals surface area contributed by atoms with E-state index in [0.717, 1.165) is 12.8 Å². The highest BCUT2D eigenvalue weighted by molar-refractivity contribution is 7.89. The van der Waals surface area contributed by atoms with Crippen molar-refractivity contribution in [2.75, 3.05) is 25.5 Å². The van der Waals surface area contributed by atoms with E-state index in [1.807, 2.05) is 0 Å². The van der Waals surface area contributed by atoms with Gasteiger partial charge in [0.05, 0.1) is 7.11 Å². The SMILES string of the molecule is COc1ccc(NC(C)=O)cc1S(=O)(=O)N1CCC(C)CC1. The van der Waals surface area contributed by atoms with Gasteiger partial charge in [0.25, 0.3) is 0 Å². The zero-order valence-corrected chi connectivity index (χ0v) is 13.9. The second kappa shape index (κ2) is 6.66. The van der Waals surface area contributed by atoms with E-state index in [1.165, 1.54) is 24.4 Å². The van der Waals surface area contributed by atoms with Gasteiger partial charge in [-0.25, -0.2) is 8.42 Å². The highest BCUT2D eigenvalue weighted by Gasteiger charge is 2.30. The number of rotatable bonds is 4. The number of hydrogen-bond acceptors (Lipinski definition) is 4. The molecular formula is C15H22N2O4S. The summed E-state index contributed by atoms with van der Waals surface area (Å²) in [5.41, 5.74) is 0.442. The minimum Gasteiger partial charge on any atom is -0.495 e. The summed E-state index contributed by atoms with van der Waals surface area (Å²) < 4.78 is 32.4. The molecule has 1 aliphatic rings. The lowest BCUT2D eigenvalue weighted by Gasteiger charge is -2.30. The Morgan fingerprint density at radius 1 is 1.32 bits per heavy atom. The molecule has 0 unspecified atom stereocenters. The number of nitrogens with one attached hydrogen (secondary N) is 1. The summed E-state index contributed by atoms with van der Waals surface area (Å²) in [4.78, 5) is 11.3. The van der Waals surface area contributed by atoms with Crippen molar-refractivity contribution in [2.24, 2.45) is 5.92 Å². The van der Waals surface area contributed by atoms with E-state index in [2.05, 4.69) is 12.2 Å². The Labute approximate surface area is 131 Å². The largest absolute Gasteiger partial charge is 0.495 e. The number of anilines is 1. The Hall–Kier alpha value is -1.60. The zero-order chi connectivity index (χ0) is 16.3. The van der Waals surface area contributed by atoms with Crippen LogP contribution >= 0.6 is 0 Å². The van der Waals surface area contributed by atoms with Crippen molar-refractivity contribution in [3.8, 4) is 5.75 Å². The molecular weight excluding hydrogens is 304 g/mol. The van der Waals surface area contributed by atoms with Crippen LogP contribution in [0.2, 0.25) is 0 Å². The molecule has 6 nitrogen and oxygen atoms in total. The third-order valence-corrected chi connectivity index (χ3v) is 5.76. The molecule has 0 bridgehead atoms. The molecule has 1 aromatic carbocycles. The fourth-order valence-electron chi connectivity index (χ4n) is 2.52. The minimum absolute atomic E-state index is 0.0933. The first-order valence-electron chi connectivity index (χ1n) is 7.30. The van der Waals surface area contributed by atoms with Gasteiger partial charge in [0.2, 0.25) is 15.9 Å². The molecule has 122 valence electrons. The second-order valence-electron chi connectivity index (χ2n) is 5.63. The number of amides is 1. The third-order valence-electron chi connectivity index (χ3n) is 3.84. The van der Waals surface area contributed by atoms with Crippen LogP contribution in [-0.2, 0) is 14.8 Å². The minimum atomic E-state index is -3.63. The lowest BCUT2D eigenvalue weighted by atomic mass is 10.0. The van der Waals surface area contributed by atoms with E-state index in [4.69, 9.17) is 4.74 Å². The molecule has 7 heteroatoms. The first-order chi connectivity index (χ1) is 10.3. The number of piperidine rings is 1. The quantitative estimate of drug-likeness (QED) is 0.919. The fraction of sp³-hybridized carbons (Fsp3) is 0.533. The van der Waals surface area contributed by atoms with Crippen molar-refractivity contribution in [1.29, 1.82) is 0 Å². The van der Waals surface area contributed by atoms with Crippen LogP contribution in [0, 0.1) is 5.92 Å². The van der Waals surface area contributed by atoms with Crippen LogP contribution in [-0.4, -0.2) is 38.8 Å². The molecule has 0 saturated carbocycles. The molecule has 0 atom stereocenters. The number of nitrogens with zero attached hydrogens (tertiary/aromatic N) is 1. The monoisotopic (exact) mass is 326 g/mol. The first kappa shape index (κ1) is 16.8. The van der Waals surface area contributed by atoms with Gasteiger partial charge in [0, 0.05) is 25.7 Å². The highest BCUT2D eigenvalue weighted by atomic mass is 32.2. The van der Waals surface area contributed by atoms with Gasteiger partial charge in [-0.3, -0.25) is 4.79 Å². The summed E-state index contributed by atoms with van der Waals surface area (Å²) in [6, 6.07) is 4.63. The maximum Gasteiger partial charge on any atom is 0.246 e. The van der Waals surface area contributed by atoms with E-state index >= 15 is 0 Å². The van der Waals surface area contributed by atoms with Gasteiger partial charge in [0.1, 0.15) is 10.6 Å². The van der Waals surface area contributed by atoms with Crippen LogP contribution in [0.5, 0.6) is 5.75 Å². The summed E-state index contributed by atoms with van der Waals surface area (Å²) in [7, 11) is -2.19. The van der Waals surface area contributed by atoms with Crippen molar-refractivity contribution >= 4 is 21.6 Å². The molecule has 1 aromatic rings. The zero-order valence-electron chi connectivity index (χ0n) is 13.1. The highest BCUT2D eigenvalue weighted by Crippen LogP contribution is 2.31. The number of benzene rings is 1. The van der Waals surface area contributed by atoms with E-state index in [9.17, 15) is 13.2 Å². The van der Waals surface area contributed by atoms with Crippen LogP contribution in [0.4, 0.5) is 5.69 Å². The van der Waals surface area contributed by atoms with Crippen molar-refractivity contribution in [3.05, 3.63) is 18.2 Å². The average molecular weight is 326 g/mol. The molecule has 0 spiro atoms. The maximum absolute atomic E-state index is 12.8. The lowest BCUT2D eigenvalue weighted by Crippen LogP contribution is -2.38. The van der Waals surface area contributed by atoms with Crippen molar-refractivity contribution < 1.29 is 17.9 Å². The number of ether oxygens (including phenoxy) is 1. The third kappa shape index (κ3) is 3.59. The Bertz CT molecular complexity index is 650. The van der Waals surface area contributed by atoms with Crippen molar-refractivity contribution in [2.45, 2.75) is 31.6 Å². The Kier molecular flexibility index (Phi) is 5.08. The normalized spacial score (nSPS) is 17.2. The van der Waals surface area contributed by atoms with E-state index in [-0.39, 0.29) is 16.6 Å². The molecule has 0 aliphatic carbocycles. The molecule has 2 rings (SSSR count). The number of hydrogen-bond donors (Lipinski definition) is 1. The number of carbonyl (C=O) groups is 1. The predicted molar refractivity (Wildman–Crippen MR) is 84.5 cm³/mol. The summed E-state index contributed by atoms with van der Waals surface area (Å²) in [6.07, 6.45) is 1.71. The smallest absolute Gasteiger partial charge is 0.246 e.